The normalized spacial score (nSPS) is 38.9. The van der Waals surface area contributed by atoms with Gasteiger partial charge in [0.15, 0.2) is 11.6 Å². The second kappa shape index (κ2) is 4.50. The summed E-state index contributed by atoms with van der Waals surface area (Å²) < 4.78 is 27.1. The van der Waals surface area contributed by atoms with Crippen molar-refractivity contribution < 1.29 is 8.78 Å². The highest BCUT2D eigenvalue weighted by Crippen LogP contribution is 2.70. The van der Waals surface area contributed by atoms with Crippen molar-refractivity contribution in [1.29, 1.82) is 0 Å². The molecule has 0 aliphatic heterocycles. The van der Waals surface area contributed by atoms with Crippen LogP contribution in [0.1, 0.15) is 24.8 Å². The van der Waals surface area contributed by atoms with E-state index in [0.29, 0.717) is 17.9 Å². The number of hydrogen-bond acceptors (Lipinski definition) is 2. The molecule has 2 bridgehead atoms. The van der Waals surface area contributed by atoms with Crippen LogP contribution in [0.15, 0.2) is 18.2 Å². The molecule has 5 unspecified atom stereocenters. The molecule has 0 heterocycles. The van der Waals surface area contributed by atoms with E-state index in [1.807, 2.05) is 0 Å². The van der Waals surface area contributed by atoms with Crippen LogP contribution in [0.3, 0.4) is 0 Å². The number of hydrazine groups is 1. The average molecular weight is 278 g/mol. The van der Waals surface area contributed by atoms with Crippen LogP contribution in [0, 0.1) is 41.2 Å². The van der Waals surface area contributed by atoms with E-state index in [9.17, 15) is 8.78 Å². The molecular formula is C16H20F2N2. The summed E-state index contributed by atoms with van der Waals surface area (Å²) in [4.78, 5) is 0. The predicted octanol–water partition coefficient (Wildman–Crippen LogP) is 2.63. The molecule has 0 amide bonds. The maximum atomic E-state index is 13.8. The molecule has 20 heavy (non-hydrogen) atoms. The van der Waals surface area contributed by atoms with E-state index in [0.717, 1.165) is 29.7 Å². The summed E-state index contributed by atoms with van der Waals surface area (Å²) >= 11 is 0. The number of nitrogens with one attached hydrogen (secondary N) is 1. The molecule has 4 rings (SSSR count). The number of nitrogens with two attached hydrogens (primary N) is 1. The Morgan fingerprint density at radius 2 is 1.90 bits per heavy atom. The zero-order chi connectivity index (χ0) is 13.9. The van der Waals surface area contributed by atoms with Crippen molar-refractivity contribution in [2.45, 2.75) is 31.7 Å². The van der Waals surface area contributed by atoms with Crippen molar-refractivity contribution in [1.82, 2.24) is 5.43 Å². The van der Waals surface area contributed by atoms with E-state index >= 15 is 0 Å². The van der Waals surface area contributed by atoms with Crippen molar-refractivity contribution in [2.75, 3.05) is 0 Å². The zero-order valence-electron chi connectivity index (χ0n) is 11.4. The van der Waals surface area contributed by atoms with Gasteiger partial charge in [0.25, 0.3) is 0 Å². The Morgan fingerprint density at radius 3 is 2.55 bits per heavy atom. The molecule has 0 saturated heterocycles. The minimum atomic E-state index is -0.769. The van der Waals surface area contributed by atoms with E-state index in [2.05, 4.69) is 5.43 Å². The van der Waals surface area contributed by atoms with E-state index in [-0.39, 0.29) is 6.04 Å². The van der Waals surface area contributed by atoms with Gasteiger partial charge in [0.05, 0.1) is 0 Å². The Balaban J connectivity index is 1.51. The fraction of sp³-hybridized carbons (Fsp3) is 0.625. The molecule has 5 atom stereocenters. The van der Waals surface area contributed by atoms with Gasteiger partial charge in [-0.15, -0.1) is 0 Å². The van der Waals surface area contributed by atoms with Crippen molar-refractivity contribution in [3.8, 4) is 0 Å². The monoisotopic (exact) mass is 278 g/mol. The van der Waals surface area contributed by atoms with Crippen LogP contribution in [0.2, 0.25) is 0 Å². The van der Waals surface area contributed by atoms with Gasteiger partial charge in [-0.25, -0.2) is 8.78 Å². The molecule has 1 aromatic rings. The molecular weight excluding hydrogens is 258 g/mol. The number of benzene rings is 1. The first kappa shape index (κ1) is 12.7. The molecule has 2 nitrogen and oxygen atoms in total. The highest BCUT2D eigenvalue weighted by Gasteiger charge is 2.66. The van der Waals surface area contributed by atoms with Crippen LogP contribution in [0.4, 0.5) is 8.78 Å². The Labute approximate surface area is 117 Å². The summed E-state index contributed by atoms with van der Waals surface area (Å²) in [6, 6.07) is 4.47. The Hall–Kier alpha value is -1.00. The molecule has 4 heteroatoms. The summed E-state index contributed by atoms with van der Waals surface area (Å²) in [6.07, 6.45) is 4.58. The van der Waals surface area contributed by atoms with Crippen LogP contribution in [-0.2, 0) is 6.42 Å². The average Bonchev–Trinajstić information content (AvgIpc) is 2.88. The van der Waals surface area contributed by atoms with Crippen LogP contribution in [-0.4, -0.2) is 6.04 Å². The third-order valence-corrected chi connectivity index (χ3v) is 5.94. The van der Waals surface area contributed by atoms with Gasteiger partial charge < -0.3 is 0 Å². The maximum absolute atomic E-state index is 13.8. The number of rotatable bonds is 4. The van der Waals surface area contributed by atoms with Gasteiger partial charge >= 0.3 is 0 Å². The molecule has 0 radical (unpaired) electrons. The zero-order valence-corrected chi connectivity index (χ0v) is 11.4. The molecule has 0 spiro atoms. The third-order valence-electron chi connectivity index (χ3n) is 5.94. The maximum Gasteiger partial charge on any atom is 0.162 e. The lowest BCUT2D eigenvalue weighted by Crippen LogP contribution is -2.40. The smallest absolute Gasteiger partial charge is 0.162 e. The van der Waals surface area contributed by atoms with Crippen molar-refractivity contribution in [3.05, 3.63) is 35.4 Å². The van der Waals surface area contributed by atoms with E-state index in [4.69, 9.17) is 5.84 Å². The van der Waals surface area contributed by atoms with Gasteiger partial charge in [-0.05, 0) is 66.9 Å². The summed E-state index contributed by atoms with van der Waals surface area (Å²) in [5, 5.41) is 0. The first-order valence-corrected chi connectivity index (χ1v) is 7.59. The van der Waals surface area contributed by atoms with E-state index in [1.54, 1.807) is 12.1 Å². The third kappa shape index (κ3) is 1.74. The van der Waals surface area contributed by atoms with Gasteiger partial charge in [-0.2, -0.15) is 0 Å². The standard InChI is InChI=1S/C16H20F2N2/c17-11-3-1-2-10(16(11)18)7-12(20-19)15-13-8-4-5-9(6-8)14(13)15/h1-3,8-9,12-15,20H,4-7,19H2. The van der Waals surface area contributed by atoms with Gasteiger partial charge in [0.2, 0.25) is 0 Å². The summed E-state index contributed by atoms with van der Waals surface area (Å²) in [6.45, 7) is 0. The first-order chi connectivity index (χ1) is 9.70. The fourth-order valence-electron chi connectivity index (χ4n) is 5.18. The Kier molecular flexibility index (Phi) is 2.86. The van der Waals surface area contributed by atoms with Crippen LogP contribution < -0.4 is 11.3 Å². The van der Waals surface area contributed by atoms with Gasteiger partial charge in [-0.1, -0.05) is 12.1 Å². The van der Waals surface area contributed by atoms with Crippen LogP contribution in [0.25, 0.3) is 0 Å². The Bertz CT molecular complexity index is 517. The molecule has 108 valence electrons. The van der Waals surface area contributed by atoms with Crippen molar-refractivity contribution in [3.63, 3.8) is 0 Å². The van der Waals surface area contributed by atoms with E-state index < -0.39 is 11.6 Å². The van der Waals surface area contributed by atoms with Crippen LogP contribution >= 0.6 is 0 Å². The Morgan fingerprint density at radius 1 is 1.20 bits per heavy atom. The summed E-state index contributed by atoms with van der Waals surface area (Å²) in [5.74, 6) is 8.07. The van der Waals surface area contributed by atoms with Crippen molar-refractivity contribution in [2.24, 2.45) is 35.4 Å². The summed E-state index contributed by atoms with van der Waals surface area (Å²) in [7, 11) is 0. The number of halogens is 2. The molecule has 3 N–H and O–H groups in total. The molecule has 3 saturated carbocycles. The molecule has 1 aromatic carbocycles. The highest BCUT2D eigenvalue weighted by molar-refractivity contribution is 5.23. The van der Waals surface area contributed by atoms with E-state index in [1.165, 1.54) is 19.3 Å². The van der Waals surface area contributed by atoms with Gasteiger partial charge in [-0.3, -0.25) is 11.3 Å². The first-order valence-electron chi connectivity index (χ1n) is 7.59. The predicted molar refractivity (Wildman–Crippen MR) is 72.5 cm³/mol. The lowest BCUT2D eigenvalue weighted by Gasteiger charge is -2.20. The minimum Gasteiger partial charge on any atom is -0.271 e. The second-order valence-corrected chi connectivity index (χ2v) is 6.76. The molecule has 3 aliphatic rings. The van der Waals surface area contributed by atoms with Crippen LogP contribution in [0.5, 0.6) is 0 Å². The quantitative estimate of drug-likeness (QED) is 0.656. The highest BCUT2D eigenvalue weighted by atomic mass is 19.2. The molecule has 0 aromatic heterocycles. The SMILES string of the molecule is NNC(Cc1cccc(F)c1F)C1C2C3CCC(C3)C21. The fourth-order valence-corrected chi connectivity index (χ4v) is 5.18. The lowest BCUT2D eigenvalue weighted by atomic mass is 9.93. The summed E-state index contributed by atoms with van der Waals surface area (Å²) in [5.41, 5.74) is 3.30. The minimum absolute atomic E-state index is 0.0738. The van der Waals surface area contributed by atoms with Gasteiger partial charge in [0.1, 0.15) is 0 Å². The van der Waals surface area contributed by atoms with Crippen molar-refractivity contribution >= 4 is 0 Å². The second-order valence-electron chi connectivity index (χ2n) is 6.76. The number of hydrogen-bond donors (Lipinski definition) is 2. The largest absolute Gasteiger partial charge is 0.271 e. The molecule has 3 aliphatic carbocycles. The molecule has 3 fully saturated rings. The number of fused-ring (bicyclic) bond motifs is 5. The topological polar surface area (TPSA) is 38.0 Å². The van der Waals surface area contributed by atoms with Gasteiger partial charge in [0, 0.05) is 6.04 Å². The lowest BCUT2D eigenvalue weighted by molar-refractivity contribution is 0.360.